The van der Waals surface area contributed by atoms with Crippen molar-refractivity contribution >= 4 is 23.6 Å². The highest BCUT2D eigenvalue weighted by Crippen LogP contribution is 2.77. The van der Waals surface area contributed by atoms with Gasteiger partial charge in [-0.3, -0.25) is 24.2 Å². The van der Waals surface area contributed by atoms with Gasteiger partial charge in [-0.1, -0.05) is 67.9 Å². The number of hydrogen-bond donors (Lipinski definition) is 3. The second kappa shape index (κ2) is 13.0. The van der Waals surface area contributed by atoms with Gasteiger partial charge in [0.05, 0.1) is 17.9 Å². The summed E-state index contributed by atoms with van der Waals surface area (Å²) in [7, 11) is 0. The minimum atomic E-state index is -0.874. The molecule has 5 saturated carbocycles. The van der Waals surface area contributed by atoms with Gasteiger partial charge in [-0.2, -0.15) is 0 Å². The minimum absolute atomic E-state index is 0.00988. The van der Waals surface area contributed by atoms with E-state index in [1.165, 1.54) is 5.57 Å². The van der Waals surface area contributed by atoms with Crippen molar-refractivity contribution in [1.29, 1.82) is 0 Å². The summed E-state index contributed by atoms with van der Waals surface area (Å²) in [4.78, 5) is 56.4. The smallest absolute Gasteiger partial charge is 0.309 e. The maximum Gasteiger partial charge on any atom is 0.309 e. The summed E-state index contributed by atoms with van der Waals surface area (Å²) >= 11 is 0. The van der Waals surface area contributed by atoms with E-state index in [2.05, 4.69) is 58.8 Å². The van der Waals surface area contributed by atoms with Gasteiger partial charge in [0.15, 0.2) is 5.78 Å². The Labute approximate surface area is 321 Å². The summed E-state index contributed by atoms with van der Waals surface area (Å²) in [5.74, 6) is -1.04. The number of aliphatic hydroxyl groups is 1. The number of hydrogen-bond acceptors (Lipinski definition) is 7. The molecule has 54 heavy (non-hydrogen) atoms. The third-order valence-corrected chi connectivity index (χ3v) is 17.6. The number of aliphatic hydroxyl groups excluding tert-OH is 1. The molecule has 9 heteroatoms. The van der Waals surface area contributed by atoms with Crippen LogP contribution in [0.1, 0.15) is 137 Å². The van der Waals surface area contributed by atoms with Gasteiger partial charge in [-0.15, -0.1) is 0 Å². The molecule has 9 nitrogen and oxygen atoms in total. The molecule has 1 heterocycles. The van der Waals surface area contributed by atoms with Crippen molar-refractivity contribution in [2.24, 2.45) is 68.0 Å². The van der Waals surface area contributed by atoms with Crippen LogP contribution in [0.2, 0.25) is 0 Å². The van der Waals surface area contributed by atoms with Crippen molar-refractivity contribution in [2.45, 2.75) is 139 Å². The van der Waals surface area contributed by atoms with Crippen molar-refractivity contribution in [2.75, 3.05) is 6.54 Å². The topological polar surface area (TPSA) is 143 Å². The van der Waals surface area contributed by atoms with Crippen LogP contribution in [0.3, 0.4) is 0 Å². The van der Waals surface area contributed by atoms with Crippen molar-refractivity contribution in [3.8, 4) is 0 Å². The van der Waals surface area contributed by atoms with E-state index in [9.17, 15) is 29.4 Å². The number of carboxylic acid groups (broad SMARTS) is 1. The summed E-state index contributed by atoms with van der Waals surface area (Å²) in [6.07, 6.45) is 10.2. The van der Waals surface area contributed by atoms with E-state index in [0.717, 1.165) is 56.9 Å². The van der Waals surface area contributed by atoms with Crippen LogP contribution in [0.15, 0.2) is 35.7 Å². The molecule has 6 aliphatic rings. The molecular weight excluding hydrogens is 681 g/mol. The second-order valence-corrected chi connectivity index (χ2v) is 20.6. The Bertz CT molecular complexity index is 1750. The van der Waals surface area contributed by atoms with Gasteiger partial charge >= 0.3 is 11.9 Å². The average Bonchev–Trinajstić information content (AvgIpc) is 3.41. The van der Waals surface area contributed by atoms with E-state index in [1.807, 2.05) is 13.8 Å². The number of allylic oxidation sites excluding steroid dienone is 1. The molecule has 0 radical (unpaired) electrons. The first-order valence-corrected chi connectivity index (χ1v) is 20.7. The van der Waals surface area contributed by atoms with Crippen LogP contribution in [0.4, 0.5) is 0 Å². The number of Topliss-reactive ketones (excluding diaryl/α,β-unsaturated/α-hetero) is 1. The molecule has 1 amide bonds. The Hall–Kier alpha value is -3.07. The first-order valence-electron chi connectivity index (χ1n) is 20.7. The number of pyridine rings is 1. The Morgan fingerprint density at radius 1 is 0.870 bits per heavy atom. The van der Waals surface area contributed by atoms with E-state index in [0.29, 0.717) is 30.2 Å². The number of amides is 1. The Morgan fingerprint density at radius 2 is 1.56 bits per heavy atom. The normalized spacial score (nSPS) is 41.1. The quantitative estimate of drug-likeness (QED) is 0.229. The molecule has 6 aliphatic carbocycles. The molecule has 0 spiro atoms. The molecule has 5 fully saturated rings. The first kappa shape index (κ1) is 39.2. The highest BCUT2D eigenvalue weighted by Gasteiger charge is 2.71. The van der Waals surface area contributed by atoms with E-state index in [-0.39, 0.29) is 63.8 Å². The summed E-state index contributed by atoms with van der Waals surface area (Å²) < 4.78 is 6.40. The predicted octanol–water partition coefficient (Wildman–Crippen LogP) is 7.81. The third kappa shape index (κ3) is 5.43. The molecule has 1 aromatic heterocycles. The highest BCUT2D eigenvalue weighted by molar-refractivity contribution is 6.01. The van der Waals surface area contributed by atoms with Gasteiger partial charge in [0, 0.05) is 41.8 Å². The molecule has 7 rings (SSSR count). The number of ether oxygens (including phenoxy) is 1. The van der Waals surface area contributed by atoms with Crippen molar-refractivity contribution in [3.05, 3.63) is 41.2 Å². The fourth-order valence-corrected chi connectivity index (χ4v) is 14.2. The van der Waals surface area contributed by atoms with Gasteiger partial charge in [-0.05, 0) is 121 Å². The van der Waals surface area contributed by atoms with E-state index >= 15 is 0 Å². The van der Waals surface area contributed by atoms with Crippen LogP contribution in [0.25, 0.3) is 0 Å². The van der Waals surface area contributed by atoms with E-state index in [1.54, 1.807) is 24.5 Å². The summed E-state index contributed by atoms with van der Waals surface area (Å²) in [5, 5.41) is 24.7. The molecule has 0 bridgehead atoms. The number of rotatable bonds is 8. The van der Waals surface area contributed by atoms with Crippen LogP contribution in [-0.4, -0.2) is 57.6 Å². The number of carbonyl (C=O) groups is 4. The maximum absolute atomic E-state index is 14.0. The zero-order chi connectivity index (χ0) is 39.4. The molecule has 0 unspecified atom stereocenters. The number of esters is 1. The summed E-state index contributed by atoms with van der Waals surface area (Å²) in [6, 6.07) is 3.32. The number of carbonyl (C=O) groups excluding carboxylic acids is 3. The molecule has 1 aromatic rings. The molecule has 0 saturated heterocycles. The zero-order valence-corrected chi connectivity index (χ0v) is 34.1. The predicted molar refractivity (Wildman–Crippen MR) is 205 cm³/mol. The van der Waals surface area contributed by atoms with E-state index < -0.39 is 34.7 Å². The maximum atomic E-state index is 14.0. The molecule has 11 atom stereocenters. The van der Waals surface area contributed by atoms with Crippen LogP contribution in [0.5, 0.6) is 0 Å². The second-order valence-electron chi connectivity index (χ2n) is 20.6. The van der Waals surface area contributed by atoms with Crippen molar-refractivity contribution < 1.29 is 34.1 Å². The number of carboxylic acids is 1. The fraction of sp³-hybridized carbons (Fsp3) is 0.756. The summed E-state index contributed by atoms with van der Waals surface area (Å²) in [6.45, 7) is 20.2. The number of aliphatic carboxylic acids is 1. The monoisotopic (exact) mass is 744 g/mol. The summed E-state index contributed by atoms with van der Waals surface area (Å²) in [5.41, 5.74) is 1.05. The number of fused-ring (bicyclic) bond motifs is 7. The number of ketones is 1. The van der Waals surface area contributed by atoms with Gasteiger partial charge < -0.3 is 20.3 Å². The van der Waals surface area contributed by atoms with Gasteiger partial charge in [0.1, 0.15) is 6.10 Å². The lowest BCUT2D eigenvalue weighted by atomic mass is 9.33. The molecule has 3 N–H and O–H groups in total. The van der Waals surface area contributed by atoms with Crippen LogP contribution >= 0.6 is 0 Å². The Morgan fingerprint density at radius 3 is 2.19 bits per heavy atom. The lowest BCUT2D eigenvalue weighted by Crippen LogP contribution is -2.66. The SMILES string of the molecule is CC(C)C1=C2[C@H]3CC[C@@H]4[C@@]5(C)CC[C@H](OC(=O)[C@H]6C[C@@H](C(=O)O)C6(C)C)C(C)(C)[C@@H]5CC[C@@]4(C)[C@]3(C)CC[C@@]2([C@@H](O)CNC(=O)c2ccncc2)CC1=O. The third-order valence-electron chi connectivity index (χ3n) is 17.6. The van der Waals surface area contributed by atoms with Crippen LogP contribution < -0.4 is 5.32 Å². The standard InChI is InChI=1S/C45H64N2O7/c1-25(2)35-30(48)23-45(33(49)24-47-37(50)26-14-20-46-21-15-26)19-18-43(8)27(36(35)45)10-11-32-42(7)16-13-34(41(5,6)31(42)12-17-44(32,43)9)54-39(53)29-22-28(38(51)52)40(29,3)4/h14-15,20-21,25,27-29,31-34,49H,10-13,16-19,22-24H2,1-9H3,(H,47,50)(H,51,52)/t27-,28+,29-,31+,32-,33+,34+,42+,43-,44-,45+/m1/s1. The molecular formula is C45H64N2O7. The lowest BCUT2D eigenvalue weighted by molar-refractivity contribution is -0.238. The van der Waals surface area contributed by atoms with Gasteiger partial charge in [0.2, 0.25) is 0 Å². The first-order chi connectivity index (χ1) is 25.2. The van der Waals surface area contributed by atoms with Crippen molar-refractivity contribution in [3.63, 3.8) is 0 Å². The zero-order valence-electron chi connectivity index (χ0n) is 34.1. The Kier molecular flexibility index (Phi) is 9.42. The van der Waals surface area contributed by atoms with Gasteiger partial charge in [-0.25, -0.2) is 0 Å². The number of nitrogens with zero attached hydrogens (tertiary/aromatic N) is 1. The molecule has 296 valence electrons. The van der Waals surface area contributed by atoms with Crippen LogP contribution in [0, 0.1) is 68.0 Å². The largest absolute Gasteiger partial charge is 0.481 e. The van der Waals surface area contributed by atoms with E-state index in [4.69, 9.17) is 4.74 Å². The number of nitrogens with one attached hydrogen (secondary N) is 1. The van der Waals surface area contributed by atoms with Crippen molar-refractivity contribution in [1.82, 2.24) is 10.3 Å². The minimum Gasteiger partial charge on any atom is -0.481 e. The Balaban J connectivity index is 1.14. The molecule has 0 aliphatic heterocycles. The fourth-order valence-electron chi connectivity index (χ4n) is 14.2. The highest BCUT2D eigenvalue weighted by atomic mass is 16.5. The average molecular weight is 745 g/mol. The van der Waals surface area contributed by atoms with Crippen LogP contribution in [-0.2, 0) is 19.1 Å². The lowest BCUT2D eigenvalue weighted by Gasteiger charge is -2.72. The number of aromatic nitrogens is 1. The van der Waals surface area contributed by atoms with Gasteiger partial charge in [0.25, 0.3) is 5.91 Å². The molecule has 0 aromatic carbocycles.